The summed E-state index contributed by atoms with van der Waals surface area (Å²) < 4.78 is 7.10. The molecule has 1 aliphatic rings. The van der Waals surface area contributed by atoms with Crippen molar-refractivity contribution in [3.8, 4) is 0 Å². The molecule has 3 N–H and O–H groups in total. The standard InChI is InChI=1S/C10H12BN3O3/c15-11(16)9-7-3-1-2-4-8(7)14(13-9)10-12-5-6-17-10/h1-4,10,12,15-16H,5-6H2. The fraction of sp³-hybridized carbons (Fsp3) is 0.300. The molecule has 1 atom stereocenters. The van der Waals surface area contributed by atoms with Gasteiger partial charge in [-0.1, -0.05) is 18.2 Å². The number of hydrogen-bond donors (Lipinski definition) is 3. The van der Waals surface area contributed by atoms with Crippen molar-refractivity contribution < 1.29 is 14.8 Å². The van der Waals surface area contributed by atoms with Crippen LogP contribution in [0.4, 0.5) is 0 Å². The third kappa shape index (κ3) is 1.73. The van der Waals surface area contributed by atoms with Gasteiger partial charge in [0.25, 0.3) is 0 Å². The highest BCUT2D eigenvalue weighted by atomic mass is 16.5. The summed E-state index contributed by atoms with van der Waals surface area (Å²) >= 11 is 0. The highest BCUT2D eigenvalue weighted by Gasteiger charge is 2.25. The molecule has 1 unspecified atom stereocenters. The Hall–Kier alpha value is -1.41. The van der Waals surface area contributed by atoms with E-state index in [1.807, 2.05) is 24.3 Å². The molecule has 0 bridgehead atoms. The van der Waals surface area contributed by atoms with E-state index in [1.54, 1.807) is 4.68 Å². The van der Waals surface area contributed by atoms with Crippen LogP contribution < -0.4 is 10.9 Å². The first-order chi connectivity index (χ1) is 8.27. The Morgan fingerprint density at radius 1 is 1.41 bits per heavy atom. The average molecular weight is 233 g/mol. The van der Waals surface area contributed by atoms with Crippen LogP contribution in [0.2, 0.25) is 0 Å². The molecule has 0 aliphatic carbocycles. The molecular weight excluding hydrogens is 221 g/mol. The molecule has 0 spiro atoms. The van der Waals surface area contributed by atoms with Crippen molar-refractivity contribution in [1.29, 1.82) is 0 Å². The quantitative estimate of drug-likeness (QED) is 0.567. The molecule has 2 heterocycles. The normalized spacial score (nSPS) is 20.0. The molecule has 0 amide bonds. The number of fused-ring (bicyclic) bond motifs is 1. The van der Waals surface area contributed by atoms with Crippen molar-refractivity contribution in [1.82, 2.24) is 15.1 Å². The largest absolute Gasteiger partial charge is 0.510 e. The topological polar surface area (TPSA) is 79.5 Å². The van der Waals surface area contributed by atoms with Crippen LogP contribution in [0, 0.1) is 0 Å². The molecule has 6 nitrogen and oxygen atoms in total. The van der Waals surface area contributed by atoms with Gasteiger partial charge in [-0.15, -0.1) is 0 Å². The summed E-state index contributed by atoms with van der Waals surface area (Å²) in [6.07, 6.45) is -0.340. The van der Waals surface area contributed by atoms with Crippen molar-refractivity contribution in [2.75, 3.05) is 13.2 Å². The van der Waals surface area contributed by atoms with Gasteiger partial charge in [-0.3, -0.25) is 5.32 Å². The third-order valence-corrected chi connectivity index (χ3v) is 2.81. The number of ether oxygens (including phenoxy) is 1. The summed E-state index contributed by atoms with van der Waals surface area (Å²) in [4.78, 5) is 0. The maximum absolute atomic E-state index is 9.30. The molecule has 2 aromatic rings. The lowest BCUT2D eigenvalue weighted by Gasteiger charge is -2.11. The van der Waals surface area contributed by atoms with Crippen LogP contribution in [0.1, 0.15) is 6.35 Å². The van der Waals surface area contributed by atoms with Gasteiger partial charge in [-0.2, -0.15) is 5.10 Å². The predicted octanol–water partition coefficient (Wildman–Crippen LogP) is -1.21. The third-order valence-electron chi connectivity index (χ3n) is 2.81. The van der Waals surface area contributed by atoms with Crippen LogP contribution in [0.15, 0.2) is 24.3 Å². The highest BCUT2D eigenvalue weighted by molar-refractivity contribution is 6.60. The summed E-state index contributed by atoms with van der Waals surface area (Å²) in [5.41, 5.74) is 1.06. The van der Waals surface area contributed by atoms with Crippen molar-refractivity contribution >= 4 is 23.6 Å². The van der Waals surface area contributed by atoms with E-state index in [9.17, 15) is 10.0 Å². The first-order valence-electron chi connectivity index (χ1n) is 5.45. The second-order valence-corrected chi connectivity index (χ2v) is 3.90. The molecule has 3 rings (SSSR count). The van der Waals surface area contributed by atoms with Gasteiger partial charge >= 0.3 is 7.12 Å². The molecule has 1 aliphatic heterocycles. The maximum atomic E-state index is 9.30. The van der Waals surface area contributed by atoms with Gasteiger partial charge in [-0.25, -0.2) is 4.68 Å². The predicted molar refractivity (Wildman–Crippen MR) is 62.6 cm³/mol. The fourth-order valence-electron chi connectivity index (χ4n) is 2.05. The monoisotopic (exact) mass is 233 g/mol. The van der Waals surface area contributed by atoms with Crippen LogP contribution in [-0.4, -0.2) is 40.1 Å². The maximum Gasteiger partial charge on any atom is 0.510 e. The zero-order valence-corrected chi connectivity index (χ0v) is 9.08. The van der Waals surface area contributed by atoms with E-state index in [0.717, 1.165) is 17.4 Å². The lowest BCUT2D eigenvalue weighted by atomic mass is 9.84. The second kappa shape index (κ2) is 4.12. The minimum Gasteiger partial charge on any atom is -0.422 e. The van der Waals surface area contributed by atoms with E-state index in [4.69, 9.17) is 4.74 Å². The Morgan fingerprint density at radius 3 is 2.94 bits per heavy atom. The van der Waals surface area contributed by atoms with E-state index < -0.39 is 7.12 Å². The molecule has 1 saturated heterocycles. The summed E-state index contributed by atoms with van der Waals surface area (Å²) in [5, 5.41) is 26.6. The molecular formula is C10H12BN3O3. The van der Waals surface area contributed by atoms with Gasteiger partial charge in [-0.05, 0) is 6.07 Å². The molecule has 1 aromatic heterocycles. The minimum atomic E-state index is -1.58. The van der Waals surface area contributed by atoms with Crippen LogP contribution in [0.5, 0.6) is 0 Å². The summed E-state index contributed by atoms with van der Waals surface area (Å²) in [6, 6.07) is 7.40. The zero-order valence-electron chi connectivity index (χ0n) is 9.08. The Bertz CT molecular complexity index is 537. The van der Waals surface area contributed by atoms with Crippen molar-refractivity contribution in [3.05, 3.63) is 24.3 Å². The van der Waals surface area contributed by atoms with E-state index in [2.05, 4.69) is 10.4 Å². The summed E-state index contributed by atoms with van der Waals surface area (Å²) in [6.45, 7) is 1.38. The van der Waals surface area contributed by atoms with Crippen LogP contribution >= 0.6 is 0 Å². The number of aromatic nitrogens is 2. The van der Waals surface area contributed by atoms with E-state index >= 15 is 0 Å². The molecule has 0 saturated carbocycles. The Kier molecular flexibility index (Phi) is 2.60. The molecule has 1 aromatic carbocycles. The molecule has 1 fully saturated rings. The number of nitrogens with one attached hydrogen (secondary N) is 1. The van der Waals surface area contributed by atoms with Crippen LogP contribution in [0.25, 0.3) is 10.9 Å². The van der Waals surface area contributed by atoms with Crippen molar-refractivity contribution in [2.24, 2.45) is 0 Å². The Balaban J connectivity index is 2.17. The van der Waals surface area contributed by atoms with Gasteiger partial charge in [0, 0.05) is 11.9 Å². The Labute approximate surface area is 98.0 Å². The zero-order chi connectivity index (χ0) is 11.8. The second-order valence-electron chi connectivity index (χ2n) is 3.90. The van der Waals surface area contributed by atoms with Gasteiger partial charge in [0.1, 0.15) is 5.59 Å². The van der Waals surface area contributed by atoms with E-state index in [1.165, 1.54) is 0 Å². The van der Waals surface area contributed by atoms with Gasteiger partial charge in [0.15, 0.2) is 0 Å². The van der Waals surface area contributed by atoms with Gasteiger partial charge < -0.3 is 14.8 Å². The number of benzene rings is 1. The lowest BCUT2D eigenvalue weighted by molar-refractivity contribution is 0.0383. The van der Waals surface area contributed by atoms with Crippen molar-refractivity contribution in [3.63, 3.8) is 0 Å². The fourth-order valence-corrected chi connectivity index (χ4v) is 2.05. The number of para-hydroxylation sites is 1. The van der Waals surface area contributed by atoms with Crippen molar-refractivity contribution in [2.45, 2.75) is 6.35 Å². The van der Waals surface area contributed by atoms with E-state index in [0.29, 0.717) is 6.61 Å². The Morgan fingerprint density at radius 2 is 2.24 bits per heavy atom. The van der Waals surface area contributed by atoms with Crippen LogP contribution in [-0.2, 0) is 4.74 Å². The summed E-state index contributed by atoms with van der Waals surface area (Å²) in [7, 11) is -1.58. The molecule has 17 heavy (non-hydrogen) atoms. The number of hydrogen-bond acceptors (Lipinski definition) is 5. The first-order valence-corrected chi connectivity index (χ1v) is 5.45. The SMILES string of the molecule is OB(O)c1nn(C2NCCO2)c2ccccc12. The summed E-state index contributed by atoms with van der Waals surface area (Å²) in [5.74, 6) is 0. The number of nitrogens with zero attached hydrogens (tertiary/aromatic N) is 2. The smallest absolute Gasteiger partial charge is 0.422 e. The molecule has 0 radical (unpaired) electrons. The minimum absolute atomic E-state index is 0.248. The van der Waals surface area contributed by atoms with Gasteiger partial charge in [0.05, 0.1) is 12.1 Å². The molecule has 88 valence electrons. The van der Waals surface area contributed by atoms with E-state index in [-0.39, 0.29) is 11.9 Å². The lowest BCUT2D eigenvalue weighted by Crippen LogP contribution is -2.33. The van der Waals surface area contributed by atoms with Crippen LogP contribution in [0.3, 0.4) is 0 Å². The molecule has 7 heteroatoms. The average Bonchev–Trinajstić information content (AvgIpc) is 2.95. The van der Waals surface area contributed by atoms with Gasteiger partial charge in [0.2, 0.25) is 6.35 Å². The number of rotatable bonds is 2. The highest BCUT2D eigenvalue weighted by Crippen LogP contribution is 2.17. The first kappa shape index (κ1) is 10.7.